The molecule has 182 valence electrons. The zero-order valence-corrected chi connectivity index (χ0v) is 23.8. The van der Waals surface area contributed by atoms with Crippen LogP contribution >= 0.6 is 7.26 Å². The van der Waals surface area contributed by atoms with E-state index in [1.54, 1.807) is 20.3 Å². The molecule has 1 N–H and O–H groups in total. The van der Waals surface area contributed by atoms with Gasteiger partial charge in [-0.05, 0) is 48.5 Å². The largest absolute Gasteiger partial charge is 1.00 e. The van der Waals surface area contributed by atoms with E-state index in [0.29, 0.717) is 6.23 Å². The fourth-order valence-corrected chi connectivity index (χ4v) is 9.69. The summed E-state index contributed by atoms with van der Waals surface area (Å²) in [6.07, 6.45) is 0.558. The minimum absolute atomic E-state index is 0. The maximum atomic E-state index is 10.7. The number of methoxy groups -OCH3 is 2. The summed E-state index contributed by atoms with van der Waals surface area (Å²) in [4.78, 5) is 0. The molecule has 35 heavy (non-hydrogen) atoms. The van der Waals surface area contributed by atoms with Crippen molar-refractivity contribution in [2.45, 2.75) is 5.91 Å². The Hall–Kier alpha value is -2.47. The number of phenols is 1. The summed E-state index contributed by atoms with van der Waals surface area (Å²) in [7, 11) is 0.140. The first-order valence-electron chi connectivity index (χ1n) is 11.3. The molecule has 0 radical (unpaired) electrons. The van der Waals surface area contributed by atoms with Gasteiger partial charge in [0.25, 0.3) is 0 Å². The molecule has 0 amide bonds. The fraction of sp³-hybridized carbons (Fsp3) is 0.143. The van der Waals surface area contributed by atoms with E-state index in [9.17, 15) is 5.11 Å². The van der Waals surface area contributed by atoms with Gasteiger partial charge >= 0.3 is 0 Å². The van der Waals surface area contributed by atoms with Crippen LogP contribution in [0.1, 0.15) is 0 Å². The number of aromatic hydroxyl groups is 1. The monoisotopic (exact) mass is 568 g/mol. The molecule has 0 fully saturated rings. The van der Waals surface area contributed by atoms with Crippen LogP contribution in [0.2, 0.25) is 0 Å². The van der Waals surface area contributed by atoms with Crippen LogP contribution in [-0.4, -0.2) is 41.0 Å². The number of phenolic OH excluding ortho intramolecular Hbond substituents is 1. The molecule has 0 aliphatic rings. The normalized spacial score (nSPS) is 11.5. The van der Waals surface area contributed by atoms with Crippen molar-refractivity contribution in [3.63, 3.8) is 0 Å². The SMILES string of the molecule is COC(OC)[SiH2]COc1ccc(O)cc1[P+](c1ccccc1)(c1ccccc1)c1ccccc1.[Br-]. The van der Waals surface area contributed by atoms with Crippen molar-refractivity contribution in [3.05, 3.63) is 109 Å². The van der Waals surface area contributed by atoms with E-state index < -0.39 is 16.8 Å². The predicted molar refractivity (Wildman–Crippen MR) is 145 cm³/mol. The zero-order valence-electron chi connectivity index (χ0n) is 19.9. The summed E-state index contributed by atoms with van der Waals surface area (Å²) in [6.45, 7) is 0. The highest BCUT2D eigenvalue weighted by atomic mass is 79.9. The zero-order chi connectivity index (χ0) is 23.8. The second kappa shape index (κ2) is 13.0. The molecule has 0 saturated carbocycles. The Morgan fingerprint density at radius 3 is 1.60 bits per heavy atom. The first-order chi connectivity index (χ1) is 16.7. The Bertz CT molecular complexity index is 1080. The van der Waals surface area contributed by atoms with Crippen LogP contribution in [0.3, 0.4) is 0 Å². The van der Waals surface area contributed by atoms with Crippen LogP contribution in [0.5, 0.6) is 11.5 Å². The smallest absolute Gasteiger partial charge is 0.162 e. The van der Waals surface area contributed by atoms with E-state index in [4.69, 9.17) is 14.2 Å². The lowest BCUT2D eigenvalue weighted by Crippen LogP contribution is -3.00. The number of benzene rings is 4. The summed E-state index contributed by atoms with van der Waals surface area (Å²) >= 11 is 0. The van der Waals surface area contributed by atoms with Gasteiger partial charge in [0.15, 0.2) is 11.1 Å². The highest BCUT2D eigenvalue weighted by Gasteiger charge is 2.50. The minimum Gasteiger partial charge on any atom is -1.00 e. The van der Waals surface area contributed by atoms with Crippen molar-refractivity contribution in [1.82, 2.24) is 0 Å². The second-order valence-electron chi connectivity index (χ2n) is 7.87. The van der Waals surface area contributed by atoms with Crippen LogP contribution in [0.15, 0.2) is 109 Å². The third-order valence-corrected chi connectivity index (χ3v) is 11.7. The summed E-state index contributed by atoms with van der Waals surface area (Å²) in [6, 6.07) is 37.1. The predicted octanol–water partition coefficient (Wildman–Crippen LogP) is 0.0971. The van der Waals surface area contributed by atoms with Gasteiger partial charge in [-0.15, -0.1) is 0 Å². The Balaban J connectivity index is 0.00000342. The molecule has 0 saturated heterocycles. The van der Waals surface area contributed by atoms with Crippen molar-refractivity contribution in [3.8, 4) is 11.5 Å². The summed E-state index contributed by atoms with van der Waals surface area (Å²) in [5.41, 5.74) is 0. The molecule has 4 nitrogen and oxygen atoms in total. The van der Waals surface area contributed by atoms with Gasteiger partial charge < -0.3 is 36.3 Å². The molecule has 4 aromatic rings. The summed E-state index contributed by atoms with van der Waals surface area (Å²) < 4.78 is 17.2. The lowest BCUT2D eigenvalue weighted by atomic mass is 10.3. The lowest BCUT2D eigenvalue weighted by molar-refractivity contribution is -0.0451. The number of halogens is 1. The first-order valence-corrected chi connectivity index (χ1v) is 14.9. The van der Waals surface area contributed by atoms with Crippen molar-refractivity contribution in [2.24, 2.45) is 0 Å². The molecule has 0 heterocycles. The van der Waals surface area contributed by atoms with Gasteiger partial charge in [-0.25, -0.2) is 0 Å². The molecule has 0 unspecified atom stereocenters. The van der Waals surface area contributed by atoms with Crippen LogP contribution in [0, 0.1) is 0 Å². The Kier molecular flexibility index (Phi) is 10.1. The topological polar surface area (TPSA) is 47.9 Å². The van der Waals surface area contributed by atoms with Gasteiger partial charge in [-0.1, -0.05) is 54.6 Å². The maximum Gasteiger partial charge on any atom is 0.162 e. The molecule has 4 rings (SSSR count). The molecule has 0 bridgehead atoms. The average molecular weight is 570 g/mol. The third-order valence-electron chi connectivity index (χ3n) is 5.87. The molecule has 0 aliphatic heterocycles. The Labute approximate surface area is 220 Å². The minimum atomic E-state index is -2.38. The van der Waals surface area contributed by atoms with E-state index in [2.05, 4.69) is 72.8 Å². The Morgan fingerprint density at radius 2 is 1.17 bits per heavy atom. The second-order valence-corrected chi connectivity index (χ2v) is 12.9. The number of ether oxygens (including phenoxy) is 3. The van der Waals surface area contributed by atoms with Crippen LogP contribution in [0.4, 0.5) is 0 Å². The molecule has 7 heteroatoms. The van der Waals surface area contributed by atoms with Crippen LogP contribution in [0.25, 0.3) is 0 Å². The van der Waals surface area contributed by atoms with Crippen LogP contribution < -0.4 is 42.9 Å². The molecule has 0 aromatic heterocycles. The molecular weight excluding hydrogens is 539 g/mol. The number of hydrogen-bond acceptors (Lipinski definition) is 4. The third kappa shape index (κ3) is 5.85. The van der Waals surface area contributed by atoms with Gasteiger partial charge in [-0.2, -0.15) is 0 Å². The van der Waals surface area contributed by atoms with E-state index in [0.717, 1.165) is 11.1 Å². The van der Waals surface area contributed by atoms with E-state index in [1.165, 1.54) is 15.9 Å². The Morgan fingerprint density at radius 1 is 0.714 bits per heavy atom. The lowest BCUT2D eigenvalue weighted by Gasteiger charge is -2.29. The van der Waals surface area contributed by atoms with Gasteiger partial charge in [0.2, 0.25) is 0 Å². The number of hydrogen-bond donors (Lipinski definition) is 1. The van der Waals surface area contributed by atoms with Gasteiger partial charge in [0.05, 0.1) is 6.23 Å². The van der Waals surface area contributed by atoms with Crippen molar-refractivity contribution in [1.29, 1.82) is 0 Å². The van der Waals surface area contributed by atoms with Crippen LogP contribution in [-0.2, 0) is 9.47 Å². The van der Waals surface area contributed by atoms with Gasteiger partial charge in [-0.3, -0.25) is 0 Å². The quantitative estimate of drug-likeness (QED) is 0.167. The van der Waals surface area contributed by atoms with E-state index >= 15 is 0 Å². The van der Waals surface area contributed by atoms with Crippen molar-refractivity contribution >= 4 is 38.0 Å². The molecule has 0 spiro atoms. The number of rotatable bonds is 10. The average Bonchev–Trinajstić information content (AvgIpc) is 2.90. The van der Waals surface area contributed by atoms with Crippen molar-refractivity contribution < 1.29 is 36.3 Å². The van der Waals surface area contributed by atoms with E-state index in [-0.39, 0.29) is 28.6 Å². The molecular formula is C28H30BrO4PSi. The maximum absolute atomic E-state index is 10.7. The molecule has 0 aliphatic carbocycles. The summed E-state index contributed by atoms with van der Waals surface area (Å²) in [5, 5.41) is 15.3. The molecule has 0 atom stereocenters. The van der Waals surface area contributed by atoms with Gasteiger partial charge in [0.1, 0.15) is 44.4 Å². The first kappa shape index (κ1) is 27.1. The van der Waals surface area contributed by atoms with E-state index in [1.807, 2.05) is 30.3 Å². The fourth-order valence-electron chi connectivity index (χ4n) is 4.31. The van der Waals surface area contributed by atoms with Gasteiger partial charge in [0, 0.05) is 20.3 Å². The highest BCUT2D eigenvalue weighted by Crippen LogP contribution is 2.56. The van der Waals surface area contributed by atoms with Crippen molar-refractivity contribution in [2.75, 3.05) is 20.4 Å². The molecule has 4 aromatic carbocycles. The summed E-state index contributed by atoms with van der Waals surface area (Å²) in [5.74, 6) is 0.803. The highest BCUT2D eigenvalue weighted by molar-refractivity contribution is 8.01. The standard InChI is InChI=1S/C28H29O4PSi.BrH/c1-30-28(31-2)34-21-32-26-19-18-22(29)20-27(26)33(23-12-6-3-7-13-23,24-14-8-4-9-15-24)25-16-10-5-11-17-25;/h3-20,28H,21,34H2,1-2H3;1H.